The van der Waals surface area contributed by atoms with E-state index < -0.39 is 0 Å². The minimum absolute atomic E-state index is 0.255. The summed E-state index contributed by atoms with van der Waals surface area (Å²) in [7, 11) is 1.66. The number of benzene rings is 1. The van der Waals surface area contributed by atoms with Gasteiger partial charge in [0.25, 0.3) is 0 Å². The molecule has 0 amide bonds. The van der Waals surface area contributed by atoms with Crippen molar-refractivity contribution in [1.82, 2.24) is 0 Å². The number of rotatable bonds is 3. The molecule has 0 saturated heterocycles. The van der Waals surface area contributed by atoms with Gasteiger partial charge in [0.2, 0.25) is 0 Å². The Morgan fingerprint density at radius 3 is 2.29 bits per heavy atom. The maximum atomic E-state index is 13.2. The second-order valence-corrected chi connectivity index (χ2v) is 8.41. The minimum atomic E-state index is 0.255. The predicted molar refractivity (Wildman–Crippen MR) is 90.6 cm³/mol. The lowest BCUT2D eigenvalue weighted by Crippen LogP contribution is -2.48. The highest BCUT2D eigenvalue weighted by molar-refractivity contribution is 14.1. The number of carbonyl (C=O) groups is 1. The molecule has 3 heteroatoms. The smallest absolute Gasteiger partial charge is 0.170 e. The molecule has 0 spiro atoms. The molecule has 1 aromatic rings. The topological polar surface area (TPSA) is 26.3 Å². The van der Waals surface area contributed by atoms with E-state index in [0.717, 1.165) is 26.7 Å². The fourth-order valence-corrected chi connectivity index (χ4v) is 5.90. The van der Waals surface area contributed by atoms with E-state index in [0.29, 0.717) is 17.6 Å². The van der Waals surface area contributed by atoms with E-state index in [4.69, 9.17) is 4.74 Å². The van der Waals surface area contributed by atoms with Crippen LogP contribution in [0.25, 0.3) is 0 Å². The van der Waals surface area contributed by atoms with Crippen molar-refractivity contribution in [3.63, 3.8) is 0 Å². The number of ketones is 1. The first-order chi connectivity index (χ1) is 10.2. The van der Waals surface area contributed by atoms with Gasteiger partial charge in [-0.15, -0.1) is 0 Å². The molecule has 0 aromatic heterocycles. The van der Waals surface area contributed by atoms with E-state index in [-0.39, 0.29) is 5.92 Å². The average molecular weight is 396 g/mol. The Balaban J connectivity index is 1.67. The monoisotopic (exact) mass is 396 g/mol. The minimum Gasteiger partial charge on any atom is -0.496 e. The molecule has 0 N–H and O–H groups in total. The molecule has 4 fully saturated rings. The van der Waals surface area contributed by atoms with Gasteiger partial charge in [-0.05, 0) is 96.6 Å². The summed E-state index contributed by atoms with van der Waals surface area (Å²) in [5.74, 6) is 4.44. The van der Waals surface area contributed by atoms with Crippen molar-refractivity contribution in [3.05, 3.63) is 27.3 Å². The molecule has 0 radical (unpaired) electrons. The van der Waals surface area contributed by atoms with Crippen molar-refractivity contribution >= 4 is 28.4 Å². The number of hydrogen-bond donors (Lipinski definition) is 0. The molecule has 0 aliphatic heterocycles. The van der Waals surface area contributed by atoms with Crippen molar-refractivity contribution in [1.29, 1.82) is 0 Å². The molecule has 5 rings (SSSR count). The van der Waals surface area contributed by atoms with Crippen LogP contribution in [0, 0.1) is 33.2 Å². The Bertz CT molecular complexity index is 553. The Morgan fingerprint density at radius 2 is 1.71 bits per heavy atom. The SMILES string of the molecule is COc1ccc(I)cc1C(=O)C1C2CC3CC(C2)CC1C3. The van der Waals surface area contributed by atoms with Crippen LogP contribution >= 0.6 is 22.6 Å². The quantitative estimate of drug-likeness (QED) is 0.553. The fraction of sp³-hybridized carbons (Fsp3) is 0.611. The third-order valence-corrected chi connectivity index (χ3v) is 6.63. The number of halogens is 1. The molecule has 4 aliphatic carbocycles. The van der Waals surface area contributed by atoms with Crippen LogP contribution in [-0.2, 0) is 0 Å². The molecule has 4 bridgehead atoms. The zero-order valence-electron chi connectivity index (χ0n) is 12.3. The summed E-state index contributed by atoms with van der Waals surface area (Å²) in [6.45, 7) is 0. The first-order valence-corrected chi connectivity index (χ1v) is 9.11. The highest BCUT2D eigenvalue weighted by Gasteiger charge is 2.51. The van der Waals surface area contributed by atoms with Gasteiger partial charge >= 0.3 is 0 Å². The van der Waals surface area contributed by atoms with Crippen molar-refractivity contribution in [2.45, 2.75) is 32.1 Å². The van der Waals surface area contributed by atoms with Gasteiger partial charge in [-0.3, -0.25) is 4.79 Å². The van der Waals surface area contributed by atoms with Gasteiger partial charge in [-0.1, -0.05) is 0 Å². The zero-order chi connectivity index (χ0) is 14.6. The Morgan fingerprint density at radius 1 is 1.10 bits per heavy atom. The molecular formula is C18H21IO2. The molecule has 1 aromatic carbocycles. The molecule has 4 aliphatic rings. The first kappa shape index (κ1) is 14.0. The lowest BCUT2D eigenvalue weighted by atomic mass is 9.51. The second-order valence-electron chi connectivity index (χ2n) is 7.17. The molecule has 0 unspecified atom stereocenters. The number of methoxy groups -OCH3 is 1. The molecule has 21 heavy (non-hydrogen) atoms. The number of carbonyl (C=O) groups excluding carboxylic acids is 1. The van der Waals surface area contributed by atoms with Gasteiger partial charge in [0.05, 0.1) is 12.7 Å². The summed E-state index contributed by atoms with van der Waals surface area (Å²) >= 11 is 2.28. The summed E-state index contributed by atoms with van der Waals surface area (Å²) in [6.07, 6.45) is 6.58. The van der Waals surface area contributed by atoms with Gasteiger partial charge < -0.3 is 4.74 Å². The summed E-state index contributed by atoms with van der Waals surface area (Å²) in [4.78, 5) is 13.2. The highest BCUT2D eigenvalue weighted by Crippen LogP contribution is 2.57. The molecular weight excluding hydrogens is 375 g/mol. The normalized spacial score (nSPS) is 36.8. The fourth-order valence-electron chi connectivity index (χ4n) is 5.41. The van der Waals surface area contributed by atoms with Crippen molar-refractivity contribution in [2.24, 2.45) is 29.6 Å². The van der Waals surface area contributed by atoms with Gasteiger partial charge in [-0.25, -0.2) is 0 Å². The van der Waals surface area contributed by atoms with Crippen molar-refractivity contribution in [2.75, 3.05) is 7.11 Å². The molecule has 112 valence electrons. The molecule has 0 atom stereocenters. The summed E-state index contributed by atoms with van der Waals surface area (Å²) in [5.41, 5.74) is 0.807. The van der Waals surface area contributed by atoms with Crippen LogP contribution in [0.4, 0.5) is 0 Å². The van der Waals surface area contributed by atoms with Crippen LogP contribution < -0.4 is 4.74 Å². The van der Waals surface area contributed by atoms with E-state index in [1.807, 2.05) is 18.2 Å². The van der Waals surface area contributed by atoms with Crippen LogP contribution in [0.3, 0.4) is 0 Å². The van der Waals surface area contributed by atoms with E-state index in [1.165, 1.54) is 32.1 Å². The number of ether oxygens (including phenoxy) is 1. The van der Waals surface area contributed by atoms with E-state index in [9.17, 15) is 4.79 Å². The highest BCUT2D eigenvalue weighted by atomic mass is 127. The Labute approximate surface area is 139 Å². The Kier molecular flexibility index (Phi) is 3.51. The summed E-state index contributed by atoms with van der Waals surface area (Å²) in [6, 6.07) is 5.95. The first-order valence-electron chi connectivity index (χ1n) is 8.03. The van der Waals surface area contributed by atoms with Crippen LogP contribution in [-0.4, -0.2) is 12.9 Å². The van der Waals surface area contributed by atoms with Crippen LogP contribution in [0.1, 0.15) is 42.5 Å². The maximum Gasteiger partial charge on any atom is 0.170 e. The number of hydrogen-bond acceptors (Lipinski definition) is 2. The lowest BCUT2D eigenvalue weighted by Gasteiger charge is -2.53. The predicted octanol–water partition coefficient (Wildman–Crippen LogP) is 4.55. The van der Waals surface area contributed by atoms with Crippen LogP contribution in [0.15, 0.2) is 18.2 Å². The van der Waals surface area contributed by atoms with Crippen molar-refractivity contribution < 1.29 is 9.53 Å². The van der Waals surface area contributed by atoms with Gasteiger partial charge in [0, 0.05) is 9.49 Å². The van der Waals surface area contributed by atoms with Crippen molar-refractivity contribution in [3.8, 4) is 5.75 Å². The van der Waals surface area contributed by atoms with Gasteiger partial charge in [-0.2, -0.15) is 0 Å². The third-order valence-electron chi connectivity index (χ3n) is 5.96. The Hall–Kier alpha value is -0.580. The number of Topliss-reactive ketones (excluding diaryl/α,β-unsaturated/α-hetero) is 1. The standard InChI is InChI=1S/C18H21IO2/c1-21-16-3-2-14(19)9-15(16)18(20)17-12-5-10-4-11(7-12)8-13(17)6-10/h2-3,9-13,17H,4-8H2,1H3. The van der Waals surface area contributed by atoms with Gasteiger partial charge in [0.1, 0.15) is 5.75 Å². The van der Waals surface area contributed by atoms with E-state index in [2.05, 4.69) is 22.6 Å². The van der Waals surface area contributed by atoms with E-state index in [1.54, 1.807) is 7.11 Å². The third kappa shape index (κ3) is 2.32. The van der Waals surface area contributed by atoms with E-state index >= 15 is 0 Å². The largest absolute Gasteiger partial charge is 0.496 e. The second kappa shape index (κ2) is 5.25. The lowest BCUT2D eigenvalue weighted by molar-refractivity contribution is -0.0252. The summed E-state index contributed by atoms with van der Waals surface area (Å²) < 4.78 is 6.55. The zero-order valence-corrected chi connectivity index (χ0v) is 14.5. The molecule has 4 saturated carbocycles. The van der Waals surface area contributed by atoms with Crippen LogP contribution in [0.5, 0.6) is 5.75 Å². The molecule has 2 nitrogen and oxygen atoms in total. The average Bonchev–Trinajstić information content (AvgIpc) is 2.46. The molecule has 0 heterocycles. The maximum absolute atomic E-state index is 13.2. The summed E-state index contributed by atoms with van der Waals surface area (Å²) in [5, 5.41) is 0. The van der Waals surface area contributed by atoms with Crippen LogP contribution in [0.2, 0.25) is 0 Å². The van der Waals surface area contributed by atoms with Gasteiger partial charge in [0.15, 0.2) is 5.78 Å².